The van der Waals surface area contributed by atoms with E-state index in [2.05, 4.69) is 138 Å². The van der Waals surface area contributed by atoms with Crippen molar-refractivity contribution in [1.82, 2.24) is 9.97 Å². The third kappa shape index (κ3) is 4.97. The molecule has 2 heterocycles. The molecule has 0 aliphatic heterocycles. The van der Waals surface area contributed by atoms with Crippen LogP contribution in [0.5, 0.6) is 0 Å². The Hall–Kier alpha value is -6.52. The third-order valence-corrected chi connectivity index (χ3v) is 8.89. The molecule has 0 atom stereocenters. The summed E-state index contributed by atoms with van der Waals surface area (Å²) in [5.74, 6) is 0.692. The second kappa shape index (κ2) is 11.7. The molecular weight excluding hydrogens is 587 g/mol. The van der Waals surface area contributed by atoms with E-state index in [1.807, 2.05) is 42.5 Å². The molecule has 48 heavy (non-hydrogen) atoms. The minimum Gasteiger partial charge on any atom is -0.456 e. The third-order valence-electron chi connectivity index (χ3n) is 8.89. The highest BCUT2D eigenvalue weighted by Gasteiger charge is 2.17. The van der Waals surface area contributed by atoms with Crippen LogP contribution in [-0.4, -0.2) is 9.97 Å². The van der Waals surface area contributed by atoms with Crippen LogP contribution in [0.1, 0.15) is 0 Å². The van der Waals surface area contributed by atoms with Gasteiger partial charge in [-0.1, -0.05) is 109 Å². The van der Waals surface area contributed by atoms with Crippen molar-refractivity contribution >= 4 is 49.9 Å². The molecule has 226 valence electrons. The molecule has 0 aliphatic rings. The van der Waals surface area contributed by atoms with E-state index in [-0.39, 0.29) is 0 Å². The molecule has 0 aliphatic carbocycles. The van der Waals surface area contributed by atoms with E-state index in [4.69, 9.17) is 14.4 Å². The largest absolute Gasteiger partial charge is 0.456 e. The van der Waals surface area contributed by atoms with E-state index >= 15 is 0 Å². The highest BCUT2D eigenvalue weighted by atomic mass is 16.3. The lowest BCUT2D eigenvalue weighted by molar-refractivity contribution is 0.669. The van der Waals surface area contributed by atoms with Crippen molar-refractivity contribution in [2.75, 3.05) is 4.90 Å². The first-order chi connectivity index (χ1) is 23.8. The highest BCUT2D eigenvalue weighted by Crippen LogP contribution is 2.39. The molecule has 0 saturated carbocycles. The van der Waals surface area contributed by atoms with Crippen molar-refractivity contribution in [2.45, 2.75) is 0 Å². The quantitative estimate of drug-likeness (QED) is 0.187. The summed E-state index contributed by atoms with van der Waals surface area (Å²) in [6.45, 7) is 0. The van der Waals surface area contributed by atoms with Crippen molar-refractivity contribution in [3.63, 3.8) is 0 Å². The molecule has 0 saturated heterocycles. The summed E-state index contributed by atoms with van der Waals surface area (Å²) in [6.07, 6.45) is 0. The Morgan fingerprint density at radius 3 is 1.73 bits per heavy atom. The van der Waals surface area contributed by atoms with Crippen molar-refractivity contribution in [3.05, 3.63) is 176 Å². The number of hydrogen-bond donors (Lipinski definition) is 0. The van der Waals surface area contributed by atoms with Gasteiger partial charge in [-0.3, -0.25) is 0 Å². The fraction of sp³-hybridized carbons (Fsp3) is 0. The summed E-state index contributed by atoms with van der Waals surface area (Å²) in [6, 6.07) is 60.8. The maximum Gasteiger partial charge on any atom is 0.160 e. The minimum atomic E-state index is 0.692. The SMILES string of the molecule is c1ccc(-c2ccc(-c3nc(-c4ccc(N(c5ccccc5)c5ccc6c(c5)oc5ccccc56)cc4)nc4ccccc34)cc2)cc1. The van der Waals surface area contributed by atoms with Gasteiger partial charge in [0.15, 0.2) is 5.82 Å². The van der Waals surface area contributed by atoms with Crippen LogP contribution in [0.15, 0.2) is 180 Å². The Labute approximate surface area is 278 Å². The van der Waals surface area contributed by atoms with E-state index in [1.54, 1.807) is 0 Å². The molecule has 4 nitrogen and oxygen atoms in total. The van der Waals surface area contributed by atoms with E-state index in [0.29, 0.717) is 5.82 Å². The summed E-state index contributed by atoms with van der Waals surface area (Å²) in [7, 11) is 0. The summed E-state index contributed by atoms with van der Waals surface area (Å²) >= 11 is 0. The summed E-state index contributed by atoms with van der Waals surface area (Å²) in [5, 5.41) is 3.26. The zero-order valence-electron chi connectivity index (χ0n) is 26.0. The predicted molar refractivity (Wildman–Crippen MR) is 198 cm³/mol. The second-order valence-electron chi connectivity index (χ2n) is 11.9. The maximum absolute atomic E-state index is 6.26. The molecule has 0 radical (unpaired) electrons. The van der Waals surface area contributed by atoms with Crippen LogP contribution in [0.4, 0.5) is 17.1 Å². The molecule has 0 N–H and O–H groups in total. The first-order valence-electron chi connectivity index (χ1n) is 16.1. The topological polar surface area (TPSA) is 42.2 Å². The van der Waals surface area contributed by atoms with Gasteiger partial charge in [0.25, 0.3) is 0 Å². The highest BCUT2D eigenvalue weighted by molar-refractivity contribution is 6.06. The maximum atomic E-state index is 6.26. The van der Waals surface area contributed by atoms with Gasteiger partial charge in [0.05, 0.1) is 11.2 Å². The van der Waals surface area contributed by atoms with Crippen molar-refractivity contribution in [3.8, 4) is 33.8 Å². The van der Waals surface area contributed by atoms with Gasteiger partial charge in [0.2, 0.25) is 0 Å². The van der Waals surface area contributed by atoms with E-state index < -0.39 is 0 Å². The second-order valence-corrected chi connectivity index (χ2v) is 11.9. The molecule has 0 amide bonds. The van der Waals surface area contributed by atoms with Crippen LogP contribution >= 0.6 is 0 Å². The molecule has 4 heteroatoms. The monoisotopic (exact) mass is 615 g/mol. The normalized spacial score (nSPS) is 11.3. The number of fused-ring (bicyclic) bond motifs is 4. The number of benzene rings is 7. The average molecular weight is 616 g/mol. The zero-order chi connectivity index (χ0) is 31.9. The molecule has 9 rings (SSSR count). The molecule has 0 bridgehead atoms. The van der Waals surface area contributed by atoms with Gasteiger partial charge in [-0.05, 0) is 71.8 Å². The summed E-state index contributed by atoms with van der Waals surface area (Å²) in [5.41, 5.74) is 11.1. The van der Waals surface area contributed by atoms with Gasteiger partial charge in [-0.15, -0.1) is 0 Å². The first kappa shape index (κ1) is 27.8. The van der Waals surface area contributed by atoms with Gasteiger partial charge in [-0.25, -0.2) is 9.97 Å². The first-order valence-corrected chi connectivity index (χ1v) is 16.1. The Morgan fingerprint density at radius 1 is 0.375 bits per heavy atom. The van der Waals surface area contributed by atoms with Crippen LogP contribution in [0, 0.1) is 0 Å². The predicted octanol–water partition coefficient (Wildman–Crippen LogP) is 12.0. The van der Waals surface area contributed by atoms with E-state index in [9.17, 15) is 0 Å². The van der Waals surface area contributed by atoms with Crippen molar-refractivity contribution < 1.29 is 4.42 Å². The number of anilines is 3. The van der Waals surface area contributed by atoms with Crippen LogP contribution in [-0.2, 0) is 0 Å². The lowest BCUT2D eigenvalue weighted by Crippen LogP contribution is -2.09. The minimum absolute atomic E-state index is 0.692. The summed E-state index contributed by atoms with van der Waals surface area (Å²) < 4.78 is 6.26. The molecule has 0 fully saturated rings. The lowest BCUT2D eigenvalue weighted by atomic mass is 10.0. The molecule has 0 unspecified atom stereocenters. The average Bonchev–Trinajstić information content (AvgIpc) is 3.54. The Morgan fingerprint density at radius 2 is 0.938 bits per heavy atom. The molecule has 2 aromatic heterocycles. The molecule has 9 aromatic rings. The molecule has 0 spiro atoms. The molecule has 7 aromatic carbocycles. The van der Waals surface area contributed by atoms with E-state index in [0.717, 1.165) is 66.7 Å². The lowest BCUT2D eigenvalue weighted by Gasteiger charge is -2.25. The van der Waals surface area contributed by atoms with Crippen LogP contribution in [0.3, 0.4) is 0 Å². The fourth-order valence-electron chi connectivity index (χ4n) is 6.51. The zero-order valence-corrected chi connectivity index (χ0v) is 26.0. The van der Waals surface area contributed by atoms with Gasteiger partial charge < -0.3 is 9.32 Å². The van der Waals surface area contributed by atoms with Gasteiger partial charge >= 0.3 is 0 Å². The smallest absolute Gasteiger partial charge is 0.160 e. The Bertz CT molecular complexity index is 2540. The Balaban J connectivity index is 1.11. The standard InChI is InChI=1S/C44H29N3O/c1-3-11-30(12-4-1)31-19-21-32(22-20-31)43-39-16-7-9-17-40(39)45-44(46-43)33-23-25-35(26-24-33)47(34-13-5-2-6-14-34)36-27-28-38-37-15-8-10-18-41(37)48-42(38)29-36/h1-29H. The van der Waals surface area contributed by atoms with Crippen molar-refractivity contribution in [1.29, 1.82) is 0 Å². The van der Waals surface area contributed by atoms with E-state index in [1.165, 1.54) is 11.1 Å². The number of hydrogen-bond acceptors (Lipinski definition) is 4. The molecular formula is C44H29N3O. The van der Waals surface area contributed by atoms with Gasteiger partial charge in [0.1, 0.15) is 11.2 Å². The van der Waals surface area contributed by atoms with Crippen LogP contribution in [0.25, 0.3) is 66.6 Å². The fourth-order valence-corrected chi connectivity index (χ4v) is 6.51. The van der Waals surface area contributed by atoms with Crippen molar-refractivity contribution in [2.24, 2.45) is 0 Å². The van der Waals surface area contributed by atoms with Gasteiger partial charge in [0, 0.05) is 50.4 Å². The number of nitrogens with zero attached hydrogens (tertiary/aromatic N) is 3. The number of aromatic nitrogens is 2. The van der Waals surface area contributed by atoms with Crippen LogP contribution < -0.4 is 4.90 Å². The Kier molecular flexibility index (Phi) is 6.76. The van der Waals surface area contributed by atoms with Crippen LogP contribution in [0.2, 0.25) is 0 Å². The summed E-state index contributed by atoms with van der Waals surface area (Å²) in [4.78, 5) is 12.4. The van der Waals surface area contributed by atoms with Gasteiger partial charge in [-0.2, -0.15) is 0 Å². The number of para-hydroxylation sites is 3. The number of furan rings is 1. The number of rotatable bonds is 6.